The molecule has 0 radical (unpaired) electrons. The molecule has 0 aromatic rings. The summed E-state index contributed by atoms with van der Waals surface area (Å²) in [7, 11) is 1.43. The summed E-state index contributed by atoms with van der Waals surface area (Å²) in [4.78, 5) is 26.2. The van der Waals surface area contributed by atoms with Crippen molar-refractivity contribution in [3.63, 3.8) is 0 Å². The monoisotopic (exact) mass is 296 g/mol. The first-order valence-corrected chi connectivity index (χ1v) is 8.24. The first-order chi connectivity index (χ1) is 10.1. The lowest BCUT2D eigenvalue weighted by atomic mass is 9.94. The van der Waals surface area contributed by atoms with Crippen molar-refractivity contribution in [3.8, 4) is 0 Å². The van der Waals surface area contributed by atoms with Crippen LogP contribution in [0, 0.1) is 5.92 Å². The summed E-state index contributed by atoms with van der Waals surface area (Å²) in [5.74, 6) is -0.138. The summed E-state index contributed by atoms with van der Waals surface area (Å²) in [5.41, 5.74) is 0. The molecule has 0 spiro atoms. The molecule has 1 aliphatic heterocycles. The molecule has 1 aliphatic carbocycles. The second kappa shape index (κ2) is 7.78. The van der Waals surface area contributed by atoms with Crippen LogP contribution >= 0.6 is 0 Å². The molecular formula is C16H28N2O3. The van der Waals surface area contributed by atoms with Gasteiger partial charge < -0.3 is 10.1 Å². The Kier molecular flexibility index (Phi) is 6.03. The Morgan fingerprint density at radius 3 is 2.52 bits per heavy atom. The second-order valence-electron chi connectivity index (χ2n) is 6.38. The van der Waals surface area contributed by atoms with Gasteiger partial charge in [0, 0.05) is 12.6 Å². The van der Waals surface area contributed by atoms with Crippen LogP contribution in [0.15, 0.2) is 0 Å². The van der Waals surface area contributed by atoms with Crippen molar-refractivity contribution in [1.82, 2.24) is 10.2 Å². The van der Waals surface area contributed by atoms with Gasteiger partial charge in [0.25, 0.3) is 0 Å². The smallest absolute Gasteiger partial charge is 0.309 e. The number of hydrogen-bond acceptors (Lipinski definition) is 4. The minimum atomic E-state index is -0.167. The molecule has 5 nitrogen and oxygen atoms in total. The van der Waals surface area contributed by atoms with Gasteiger partial charge in [0.15, 0.2) is 0 Å². The lowest BCUT2D eigenvalue weighted by molar-refractivity contribution is -0.148. The van der Waals surface area contributed by atoms with Crippen LogP contribution in [-0.4, -0.2) is 49.1 Å². The van der Waals surface area contributed by atoms with Crippen LogP contribution in [0.1, 0.15) is 51.9 Å². The third kappa shape index (κ3) is 4.43. The summed E-state index contributed by atoms with van der Waals surface area (Å²) < 4.78 is 4.83. The number of esters is 1. The molecule has 2 rings (SSSR count). The molecule has 1 amide bonds. The number of carbonyl (C=O) groups excluding carboxylic acids is 2. The molecule has 1 heterocycles. The summed E-state index contributed by atoms with van der Waals surface area (Å²) in [6.07, 6.45) is 7.73. The fraction of sp³-hybridized carbons (Fsp3) is 0.875. The number of nitrogens with one attached hydrogen (secondary N) is 1. The number of amides is 1. The molecule has 2 atom stereocenters. The fourth-order valence-electron chi connectivity index (χ4n) is 3.45. The Hall–Kier alpha value is -1.10. The molecule has 21 heavy (non-hydrogen) atoms. The van der Waals surface area contributed by atoms with Gasteiger partial charge >= 0.3 is 5.97 Å². The summed E-state index contributed by atoms with van der Waals surface area (Å²) in [5, 5.41) is 3.18. The quantitative estimate of drug-likeness (QED) is 0.802. The van der Waals surface area contributed by atoms with Gasteiger partial charge in [-0.15, -0.1) is 0 Å². The van der Waals surface area contributed by atoms with E-state index in [0.717, 1.165) is 32.2 Å². The number of rotatable bonds is 4. The van der Waals surface area contributed by atoms with Gasteiger partial charge in [0.05, 0.1) is 19.1 Å². The van der Waals surface area contributed by atoms with E-state index < -0.39 is 0 Å². The Bertz CT molecular complexity index is 367. The van der Waals surface area contributed by atoms with Crippen LogP contribution in [0.5, 0.6) is 0 Å². The standard InChI is InChI=1S/C16H28N2O3/c1-12(15(19)17-14-8-4-3-5-9-14)18-10-6-7-13(11-18)16(20)21-2/h12-14H,3-11H2,1-2H3,(H,17,19). The van der Waals surface area contributed by atoms with E-state index in [0.29, 0.717) is 12.6 Å². The molecule has 1 saturated carbocycles. The van der Waals surface area contributed by atoms with Crippen LogP contribution in [0.2, 0.25) is 0 Å². The second-order valence-corrected chi connectivity index (χ2v) is 6.38. The normalized spacial score (nSPS) is 26.1. The zero-order valence-electron chi connectivity index (χ0n) is 13.3. The molecule has 1 saturated heterocycles. The maximum atomic E-state index is 12.4. The van der Waals surface area contributed by atoms with Crippen molar-refractivity contribution in [2.75, 3.05) is 20.2 Å². The molecule has 2 unspecified atom stereocenters. The van der Waals surface area contributed by atoms with Gasteiger partial charge in [-0.1, -0.05) is 19.3 Å². The molecule has 0 aromatic heterocycles. The molecule has 0 bridgehead atoms. The molecule has 2 aliphatic rings. The number of nitrogens with zero attached hydrogens (tertiary/aromatic N) is 1. The topological polar surface area (TPSA) is 58.6 Å². The van der Waals surface area contributed by atoms with Gasteiger partial charge in [-0.3, -0.25) is 14.5 Å². The van der Waals surface area contributed by atoms with Crippen LogP contribution in [0.3, 0.4) is 0 Å². The van der Waals surface area contributed by atoms with Crippen molar-refractivity contribution in [3.05, 3.63) is 0 Å². The highest BCUT2D eigenvalue weighted by atomic mass is 16.5. The van der Waals surface area contributed by atoms with Gasteiger partial charge in [0.1, 0.15) is 0 Å². The van der Waals surface area contributed by atoms with Gasteiger partial charge in [-0.05, 0) is 39.2 Å². The molecule has 1 N–H and O–H groups in total. The Morgan fingerprint density at radius 2 is 1.86 bits per heavy atom. The van der Waals surface area contributed by atoms with E-state index in [4.69, 9.17) is 4.74 Å². The summed E-state index contributed by atoms with van der Waals surface area (Å²) in [6.45, 7) is 3.45. The Balaban J connectivity index is 1.84. The third-order valence-electron chi connectivity index (χ3n) is 4.87. The van der Waals surface area contributed by atoms with Crippen molar-refractivity contribution in [1.29, 1.82) is 0 Å². The zero-order chi connectivity index (χ0) is 15.2. The first-order valence-electron chi connectivity index (χ1n) is 8.24. The predicted molar refractivity (Wildman–Crippen MR) is 80.8 cm³/mol. The lowest BCUT2D eigenvalue weighted by Gasteiger charge is -2.35. The molecule has 2 fully saturated rings. The number of ether oxygens (including phenoxy) is 1. The van der Waals surface area contributed by atoms with Gasteiger partial charge in [-0.2, -0.15) is 0 Å². The molecule has 0 aromatic carbocycles. The van der Waals surface area contributed by atoms with Crippen molar-refractivity contribution >= 4 is 11.9 Å². The van der Waals surface area contributed by atoms with Crippen molar-refractivity contribution in [2.45, 2.75) is 64.0 Å². The number of piperidine rings is 1. The third-order valence-corrected chi connectivity index (χ3v) is 4.87. The minimum Gasteiger partial charge on any atom is -0.469 e. The van der Waals surface area contributed by atoms with Crippen LogP contribution < -0.4 is 5.32 Å². The predicted octanol–water partition coefficient (Wildman–Crippen LogP) is 1.71. The van der Waals surface area contributed by atoms with E-state index in [1.165, 1.54) is 26.4 Å². The van der Waals surface area contributed by atoms with Gasteiger partial charge in [0.2, 0.25) is 5.91 Å². The van der Waals surface area contributed by atoms with E-state index in [1.807, 2.05) is 6.92 Å². The van der Waals surface area contributed by atoms with Crippen molar-refractivity contribution < 1.29 is 14.3 Å². The number of methoxy groups -OCH3 is 1. The van der Waals surface area contributed by atoms with E-state index in [1.54, 1.807) is 0 Å². The first kappa shape index (κ1) is 16.3. The average molecular weight is 296 g/mol. The fourth-order valence-corrected chi connectivity index (χ4v) is 3.45. The Morgan fingerprint density at radius 1 is 1.14 bits per heavy atom. The van der Waals surface area contributed by atoms with E-state index in [9.17, 15) is 9.59 Å². The lowest BCUT2D eigenvalue weighted by Crippen LogP contribution is -2.52. The van der Waals surface area contributed by atoms with E-state index in [-0.39, 0.29) is 23.8 Å². The van der Waals surface area contributed by atoms with Crippen LogP contribution in [0.4, 0.5) is 0 Å². The van der Waals surface area contributed by atoms with E-state index >= 15 is 0 Å². The van der Waals surface area contributed by atoms with Gasteiger partial charge in [-0.25, -0.2) is 0 Å². The largest absolute Gasteiger partial charge is 0.469 e. The molecule has 5 heteroatoms. The number of likely N-dealkylation sites (tertiary alicyclic amines) is 1. The maximum absolute atomic E-state index is 12.4. The zero-order valence-corrected chi connectivity index (χ0v) is 13.3. The number of carbonyl (C=O) groups is 2. The summed E-state index contributed by atoms with van der Waals surface area (Å²) >= 11 is 0. The average Bonchev–Trinajstić information content (AvgIpc) is 2.54. The SMILES string of the molecule is COC(=O)C1CCCN(C(C)C(=O)NC2CCCCC2)C1. The van der Waals surface area contributed by atoms with Crippen molar-refractivity contribution in [2.24, 2.45) is 5.92 Å². The number of hydrogen-bond donors (Lipinski definition) is 1. The van der Waals surface area contributed by atoms with E-state index in [2.05, 4.69) is 10.2 Å². The van der Waals surface area contributed by atoms with Crippen LogP contribution in [0.25, 0.3) is 0 Å². The molecule has 120 valence electrons. The molecular weight excluding hydrogens is 268 g/mol. The highest BCUT2D eigenvalue weighted by molar-refractivity contribution is 5.81. The van der Waals surface area contributed by atoms with Crippen LogP contribution in [-0.2, 0) is 14.3 Å². The highest BCUT2D eigenvalue weighted by Gasteiger charge is 2.32. The minimum absolute atomic E-state index is 0.0892. The maximum Gasteiger partial charge on any atom is 0.309 e. The Labute approximate surface area is 127 Å². The highest BCUT2D eigenvalue weighted by Crippen LogP contribution is 2.21. The summed E-state index contributed by atoms with van der Waals surface area (Å²) in [6, 6.07) is 0.175.